The normalized spacial score (nSPS) is 9.75. The molecule has 0 unspecified atom stereocenters. The van der Waals surface area contributed by atoms with E-state index < -0.39 is 11.9 Å². The second-order valence-corrected chi connectivity index (χ2v) is 1.84. The van der Waals surface area contributed by atoms with Gasteiger partial charge in [0.05, 0.1) is 14.2 Å². The summed E-state index contributed by atoms with van der Waals surface area (Å²) in [4.78, 5) is 21.2. The van der Waals surface area contributed by atoms with Gasteiger partial charge in [-0.3, -0.25) is 0 Å². The summed E-state index contributed by atoms with van der Waals surface area (Å²) >= 11 is 0. The van der Waals surface area contributed by atoms with E-state index in [9.17, 15) is 9.59 Å². The van der Waals surface area contributed by atoms with Crippen molar-refractivity contribution in [3.05, 3.63) is 11.6 Å². The first-order chi connectivity index (χ1) is 5.11. The second-order valence-electron chi connectivity index (χ2n) is 1.84. The summed E-state index contributed by atoms with van der Waals surface area (Å²) < 4.78 is 8.63. The number of hydrogen-bond donors (Lipinski definition) is 0. The topological polar surface area (TPSA) is 52.6 Å². The first-order valence-corrected chi connectivity index (χ1v) is 2.96. The minimum atomic E-state index is -0.562. The van der Waals surface area contributed by atoms with Crippen molar-refractivity contribution in [1.29, 1.82) is 0 Å². The van der Waals surface area contributed by atoms with Crippen LogP contribution in [0.5, 0.6) is 0 Å². The Kier molecular flexibility index (Phi) is 8.35. The number of hydrogen-bond acceptors (Lipinski definition) is 4. The van der Waals surface area contributed by atoms with Crippen molar-refractivity contribution in [2.24, 2.45) is 0 Å². The summed E-state index contributed by atoms with van der Waals surface area (Å²) in [5.74, 6) is -1.09. The van der Waals surface area contributed by atoms with Gasteiger partial charge in [-0.15, -0.1) is 0 Å². The van der Waals surface area contributed by atoms with Gasteiger partial charge in [0.2, 0.25) is 0 Å². The number of ether oxygens (including phenoxy) is 2. The van der Waals surface area contributed by atoms with E-state index >= 15 is 0 Å². The second kappa shape index (κ2) is 7.15. The van der Waals surface area contributed by atoms with E-state index in [2.05, 4.69) is 9.47 Å². The molecular weight excluding hydrogens is 267 g/mol. The predicted octanol–water partition coefficient (Wildman–Crippen LogP) is -1.17. The van der Waals surface area contributed by atoms with Crippen LogP contribution in [0.25, 0.3) is 0 Å². The molecule has 0 N–H and O–H groups in total. The number of esters is 2. The van der Waals surface area contributed by atoms with Crippen molar-refractivity contribution in [3.8, 4) is 0 Å². The molecule has 4 nitrogen and oxygen atoms in total. The van der Waals surface area contributed by atoms with Crippen LogP contribution in [0.4, 0.5) is 0 Å². The van der Waals surface area contributed by atoms with Gasteiger partial charge in [-0.1, -0.05) is 0 Å². The van der Waals surface area contributed by atoms with Gasteiger partial charge in [0.15, 0.2) is 0 Å². The van der Waals surface area contributed by atoms with Crippen molar-refractivity contribution in [2.45, 2.75) is 6.92 Å². The Morgan fingerprint density at radius 1 is 1.17 bits per heavy atom. The van der Waals surface area contributed by atoms with Crippen molar-refractivity contribution in [2.75, 3.05) is 14.2 Å². The average Bonchev–Trinajstić information content (AvgIpc) is 2.02. The van der Waals surface area contributed by atoms with Crippen LogP contribution in [0, 0.1) is 0 Å². The van der Waals surface area contributed by atoms with Crippen LogP contribution >= 0.6 is 0 Å². The van der Waals surface area contributed by atoms with Crippen LogP contribution in [0.15, 0.2) is 11.6 Å². The fourth-order valence-corrected chi connectivity index (χ4v) is 0.456. The summed E-state index contributed by atoms with van der Waals surface area (Å²) in [7, 11) is 2.49. The molecule has 0 aliphatic heterocycles. The number of carbonyl (C=O) groups excluding carboxylic acids is 2. The summed E-state index contributed by atoms with van der Waals surface area (Å²) in [6.45, 7) is 1.47. The van der Waals surface area contributed by atoms with Gasteiger partial charge in [-0.05, 0) is 6.92 Å². The molecule has 0 radical (unpaired) electrons. The zero-order valence-electron chi connectivity index (χ0n) is 6.71. The molecule has 0 atom stereocenters. The third kappa shape index (κ3) is 5.17. The molecule has 0 heterocycles. The maximum atomic E-state index is 10.7. The molecule has 0 fully saturated rings. The standard InChI is InChI=1S/C7H10O4.Sn.4H/c1-5(7(9)11-3)4-6(8)10-2;;;;;/h4H,1-3H3;;;;;/b5-4-;;;;;. The summed E-state index contributed by atoms with van der Waals surface area (Å²) in [6.07, 6.45) is 1.08. The quantitative estimate of drug-likeness (QED) is 0.363. The Morgan fingerprint density at radius 2 is 1.67 bits per heavy atom. The van der Waals surface area contributed by atoms with Crippen molar-refractivity contribution in [1.82, 2.24) is 0 Å². The Hall–Kier alpha value is -0.521. The van der Waals surface area contributed by atoms with E-state index in [1.54, 1.807) is 0 Å². The number of carbonyl (C=O) groups is 2. The van der Waals surface area contributed by atoms with Crippen molar-refractivity contribution in [3.63, 3.8) is 0 Å². The molecule has 0 spiro atoms. The van der Waals surface area contributed by atoms with Crippen LogP contribution in [-0.4, -0.2) is 50.1 Å². The molecule has 0 saturated carbocycles. The molecule has 5 heteroatoms. The Morgan fingerprint density at radius 3 is 2.00 bits per heavy atom. The van der Waals surface area contributed by atoms with E-state index in [-0.39, 0.29) is 29.5 Å². The first-order valence-electron chi connectivity index (χ1n) is 2.96. The molecule has 0 aliphatic carbocycles. The van der Waals surface area contributed by atoms with E-state index in [1.807, 2.05) is 0 Å². The number of rotatable bonds is 2. The SMILES string of the molecule is COC(=O)/C=C(/C)C(=O)OC.[SnH4]. The zero-order valence-corrected chi connectivity index (χ0v) is 6.71. The minimum absolute atomic E-state index is 0. The Labute approximate surface area is 87.9 Å². The molecule has 0 bridgehead atoms. The molecule has 0 saturated heterocycles. The van der Waals surface area contributed by atoms with Crippen LogP contribution in [0.1, 0.15) is 6.92 Å². The van der Waals surface area contributed by atoms with Crippen molar-refractivity contribution >= 4 is 35.8 Å². The monoisotopic (exact) mass is 282 g/mol. The van der Waals surface area contributed by atoms with Gasteiger partial charge in [0.25, 0.3) is 0 Å². The summed E-state index contributed by atoms with van der Waals surface area (Å²) in [5, 5.41) is 0. The van der Waals surface area contributed by atoms with Gasteiger partial charge in [0.1, 0.15) is 0 Å². The van der Waals surface area contributed by atoms with Gasteiger partial charge >= 0.3 is 35.8 Å². The molecule has 12 heavy (non-hydrogen) atoms. The molecule has 0 aliphatic rings. The molecule has 70 valence electrons. The van der Waals surface area contributed by atoms with E-state index in [0.717, 1.165) is 6.08 Å². The summed E-state index contributed by atoms with van der Waals surface area (Å²) in [5.41, 5.74) is 0.222. The molecule has 0 aromatic rings. The van der Waals surface area contributed by atoms with Crippen molar-refractivity contribution < 1.29 is 19.1 Å². The van der Waals surface area contributed by atoms with Gasteiger partial charge in [0, 0.05) is 11.6 Å². The van der Waals surface area contributed by atoms with Gasteiger partial charge in [-0.25, -0.2) is 9.59 Å². The Bertz CT molecular complexity index is 198. The third-order valence-electron chi connectivity index (χ3n) is 1.04. The van der Waals surface area contributed by atoms with Crippen LogP contribution in [0.2, 0.25) is 0 Å². The van der Waals surface area contributed by atoms with E-state index in [4.69, 9.17) is 0 Å². The molecule has 0 rings (SSSR count). The summed E-state index contributed by atoms with van der Waals surface area (Å²) in [6, 6.07) is 0. The molecule has 0 aromatic heterocycles. The average molecular weight is 281 g/mol. The fourth-order valence-electron chi connectivity index (χ4n) is 0.456. The first kappa shape index (κ1) is 14.0. The molecule has 0 aromatic carbocycles. The predicted molar refractivity (Wildman–Crippen MR) is 49.1 cm³/mol. The number of methoxy groups -OCH3 is 2. The van der Waals surface area contributed by atoms with Crippen LogP contribution < -0.4 is 0 Å². The van der Waals surface area contributed by atoms with E-state index in [0.29, 0.717) is 0 Å². The fraction of sp³-hybridized carbons (Fsp3) is 0.429. The zero-order chi connectivity index (χ0) is 8.85. The Balaban J connectivity index is 0. The van der Waals surface area contributed by atoms with Crippen LogP contribution in [-0.2, 0) is 19.1 Å². The maximum absolute atomic E-state index is 10.7. The third-order valence-corrected chi connectivity index (χ3v) is 1.04. The van der Waals surface area contributed by atoms with Gasteiger partial charge in [-0.2, -0.15) is 0 Å². The molecule has 0 amide bonds. The van der Waals surface area contributed by atoms with Crippen LogP contribution in [0.3, 0.4) is 0 Å². The van der Waals surface area contributed by atoms with Gasteiger partial charge < -0.3 is 9.47 Å². The van der Waals surface area contributed by atoms with E-state index in [1.165, 1.54) is 21.1 Å². The molecular formula is C7H14O4Sn.